The molecule has 9 heteroatoms. The number of hydrogen-bond donors (Lipinski definition) is 1. The van der Waals surface area contributed by atoms with Crippen LogP contribution < -0.4 is 10.2 Å². The molecule has 0 atom stereocenters. The Labute approximate surface area is 199 Å². The minimum absolute atomic E-state index is 0.229. The van der Waals surface area contributed by atoms with Crippen LogP contribution in [0, 0.1) is 5.82 Å². The number of nitrogens with zero attached hydrogens (tertiary/aromatic N) is 3. The zero-order valence-electron chi connectivity index (χ0n) is 17.1. The van der Waals surface area contributed by atoms with E-state index in [1.807, 2.05) is 30.3 Å². The molecule has 0 saturated carbocycles. The van der Waals surface area contributed by atoms with E-state index in [-0.39, 0.29) is 17.4 Å². The summed E-state index contributed by atoms with van der Waals surface area (Å²) in [7, 11) is 0. The molecule has 4 rings (SSSR count). The Balaban J connectivity index is 1.50. The summed E-state index contributed by atoms with van der Waals surface area (Å²) in [5.74, 6) is -0.532. The lowest BCUT2D eigenvalue weighted by molar-refractivity contribution is -0.123. The first-order chi connectivity index (χ1) is 16.0. The molecule has 0 aliphatic rings. The van der Waals surface area contributed by atoms with Crippen molar-refractivity contribution in [1.82, 2.24) is 15.2 Å². The van der Waals surface area contributed by atoms with Crippen LogP contribution in [0.5, 0.6) is 5.75 Å². The number of aromatic nitrogens is 2. The van der Waals surface area contributed by atoms with Crippen molar-refractivity contribution in [2.75, 3.05) is 6.61 Å². The van der Waals surface area contributed by atoms with E-state index in [0.717, 1.165) is 5.69 Å². The highest BCUT2D eigenvalue weighted by atomic mass is 35.5. The third-order valence-electron chi connectivity index (χ3n) is 4.55. The predicted octanol–water partition coefficient (Wildman–Crippen LogP) is 5.51. The number of benzene rings is 3. The molecule has 33 heavy (non-hydrogen) atoms. The van der Waals surface area contributed by atoms with Gasteiger partial charge in [-0.3, -0.25) is 4.79 Å². The molecular formula is C24H17Cl2FN4O2. The minimum Gasteiger partial charge on any atom is -0.482 e. The van der Waals surface area contributed by atoms with Gasteiger partial charge in [0, 0.05) is 17.3 Å². The summed E-state index contributed by atoms with van der Waals surface area (Å²) in [4.78, 5) is 12.1. The first kappa shape index (κ1) is 22.5. The fraction of sp³-hybridized carbons (Fsp3) is 0.0417. The van der Waals surface area contributed by atoms with Gasteiger partial charge in [-0.15, -0.1) is 0 Å². The van der Waals surface area contributed by atoms with Crippen molar-refractivity contribution in [3.63, 3.8) is 0 Å². The highest BCUT2D eigenvalue weighted by molar-refractivity contribution is 6.42. The van der Waals surface area contributed by atoms with E-state index in [9.17, 15) is 9.18 Å². The molecule has 166 valence electrons. The molecule has 1 N–H and O–H groups in total. The molecule has 0 saturated heterocycles. The maximum atomic E-state index is 13.4. The SMILES string of the molecule is O=C(COc1cccc(Cl)c1Cl)N/N=C/c1cn(-c2ccccc2)nc1-c1ccc(F)cc1. The summed E-state index contributed by atoms with van der Waals surface area (Å²) in [6, 6.07) is 20.4. The van der Waals surface area contributed by atoms with Crippen molar-refractivity contribution < 1.29 is 13.9 Å². The molecule has 0 unspecified atom stereocenters. The predicted molar refractivity (Wildman–Crippen MR) is 127 cm³/mol. The van der Waals surface area contributed by atoms with Gasteiger partial charge in [0.25, 0.3) is 5.91 Å². The maximum absolute atomic E-state index is 13.4. The third kappa shape index (κ3) is 5.58. The lowest BCUT2D eigenvalue weighted by atomic mass is 10.1. The molecule has 0 aliphatic heterocycles. The molecule has 0 fully saturated rings. The molecule has 6 nitrogen and oxygen atoms in total. The Hall–Kier alpha value is -3.68. The zero-order chi connectivity index (χ0) is 23.2. The monoisotopic (exact) mass is 482 g/mol. The van der Waals surface area contributed by atoms with Crippen LogP contribution in [0.2, 0.25) is 10.0 Å². The van der Waals surface area contributed by atoms with Gasteiger partial charge >= 0.3 is 0 Å². The number of para-hydroxylation sites is 1. The van der Waals surface area contributed by atoms with Crippen LogP contribution >= 0.6 is 23.2 Å². The van der Waals surface area contributed by atoms with Crippen molar-refractivity contribution >= 4 is 35.3 Å². The fourth-order valence-corrected chi connectivity index (χ4v) is 3.32. The molecule has 0 radical (unpaired) electrons. The second-order valence-corrected chi connectivity index (χ2v) is 7.64. The largest absolute Gasteiger partial charge is 0.482 e. The highest BCUT2D eigenvalue weighted by Gasteiger charge is 2.12. The van der Waals surface area contributed by atoms with E-state index in [0.29, 0.717) is 27.6 Å². The van der Waals surface area contributed by atoms with Crippen LogP contribution in [0.4, 0.5) is 4.39 Å². The van der Waals surface area contributed by atoms with E-state index in [1.165, 1.54) is 18.3 Å². The number of carbonyl (C=O) groups excluding carboxylic acids is 1. The van der Waals surface area contributed by atoms with E-state index >= 15 is 0 Å². The van der Waals surface area contributed by atoms with Gasteiger partial charge in [-0.2, -0.15) is 10.2 Å². The Morgan fingerprint density at radius 2 is 1.82 bits per heavy atom. The Morgan fingerprint density at radius 1 is 1.06 bits per heavy atom. The Morgan fingerprint density at radius 3 is 2.58 bits per heavy atom. The topological polar surface area (TPSA) is 68.5 Å². The van der Waals surface area contributed by atoms with E-state index < -0.39 is 5.91 Å². The van der Waals surface area contributed by atoms with E-state index in [4.69, 9.17) is 27.9 Å². The number of amides is 1. The first-order valence-electron chi connectivity index (χ1n) is 9.81. The van der Waals surface area contributed by atoms with Crippen LogP contribution in [0.3, 0.4) is 0 Å². The Kier molecular flexibility index (Phi) is 7.02. The number of hydrazone groups is 1. The lowest BCUT2D eigenvalue weighted by Crippen LogP contribution is -2.24. The molecule has 3 aromatic carbocycles. The molecule has 1 amide bonds. The van der Waals surface area contributed by atoms with Crippen LogP contribution in [0.25, 0.3) is 16.9 Å². The van der Waals surface area contributed by atoms with Gasteiger partial charge in [0.1, 0.15) is 22.3 Å². The molecule has 0 spiro atoms. The summed E-state index contributed by atoms with van der Waals surface area (Å²) in [5.41, 5.74) is 5.17. The van der Waals surface area contributed by atoms with Crippen molar-refractivity contribution in [2.45, 2.75) is 0 Å². The van der Waals surface area contributed by atoms with Gasteiger partial charge in [0.2, 0.25) is 0 Å². The van der Waals surface area contributed by atoms with Gasteiger partial charge in [-0.05, 0) is 48.5 Å². The number of ether oxygens (including phenoxy) is 1. The second kappa shape index (κ2) is 10.3. The van der Waals surface area contributed by atoms with Crippen LogP contribution in [0.1, 0.15) is 5.56 Å². The smallest absolute Gasteiger partial charge is 0.277 e. The van der Waals surface area contributed by atoms with Gasteiger partial charge in [0.15, 0.2) is 6.61 Å². The zero-order valence-corrected chi connectivity index (χ0v) is 18.6. The molecule has 4 aromatic rings. The highest BCUT2D eigenvalue weighted by Crippen LogP contribution is 2.31. The molecule has 0 bridgehead atoms. The molecule has 1 aromatic heterocycles. The van der Waals surface area contributed by atoms with Crippen molar-refractivity contribution in [3.05, 3.63) is 100 Å². The Bertz CT molecular complexity index is 1290. The van der Waals surface area contributed by atoms with Gasteiger partial charge in [0.05, 0.1) is 16.9 Å². The van der Waals surface area contributed by atoms with Gasteiger partial charge in [-0.25, -0.2) is 14.5 Å². The van der Waals surface area contributed by atoms with Crippen molar-refractivity contribution in [2.24, 2.45) is 5.10 Å². The molecule has 1 heterocycles. The average Bonchev–Trinajstić information content (AvgIpc) is 3.25. The van der Waals surface area contributed by atoms with Crippen molar-refractivity contribution in [3.8, 4) is 22.7 Å². The maximum Gasteiger partial charge on any atom is 0.277 e. The molecule has 0 aliphatic carbocycles. The standard InChI is InChI=1S/C24H17Cl2FN4O2/c25-20-7-4-8-21(23(20)26)33-15-22(32)29-28-13-17-14-31(19-5-2-1-3-6-19)30-24(17)16-9-11-18(27)12-10-16/h1-14H,15H2,(H,29,32)/b28-13+. The third-order valence-corrected chi connectivity index (χ3v) is 5.35. The number of rotatable bonds is 7. The summed E-state index contributed by atoms with van der Waals surface area (Å²) in [6.07, 6.45) is 3.24. The van der Waals surface area contributed by atoms with Gasteiger partial charge < -0.3 is 4.74 Å². The fourth-order valence-electron chi connectivity index (χ4n) is 2.97. The van der Waals surface area contributed by atoms with Crippen LogP contribution in [-0.2, 0) is 4.79 Å². The number of nitrogens with one attached hydrogen (secondary N) is 1. The summed E-state index contributed by atoms with van der Waals surface area (Å²) < 4.78 is 20.5. The van der Waals surface area contributed by atoms with Crippen molar-refractivity contribution in [1.29, 1.82) is 0 Å². The van der Waals surface area contributed by atoms with Crippen LogP contribution in [0.15, 0.2) is 84.1 Å². The first-order valence-corrected chi connectivity index (χ1v) is 10.6. The average molecular weight is 483 g/mol. The lowest BCUT2D eigenvalue weighted by Gasteiger charge is -2.07. The number of halogens is 3. The molecular weight excluding hydrogens is 466 g/mol. The number of hydrogen-bond acceptors (Lipinski definition) is 4. The summed E-state index contributed by atoms with van der Waals surface area (Å²) in [6.45, 7) is -0.300. The summed E-state index contributed by atoms with van der Waals surface area (Å²) in [5, 5.41) is 9.18. The summed E-state index contributed by atoms with van der Waals surface area (Å²) >= 11 is 12.0. The van der Waals surface area contributed by atoms with Gasteiger partial charge in [-0.1, -0.05) is 47.5 Å². The van der Waals surface area contributed by atoms with E-state index in [2.05, 4.69) is 15.6 Å². The minimum atomic E-state index is -0.485. The van der Waals surface area contributed by atoms with E-state index in [1.54, 1.807) is 41.2 Å². The second-order valence-electron chi connectivity index (χ2n) is 6.85. The van der Waals surface area contributed by atoms with Crippen LogP contribution in [-0.4, -0.2) is 28.5 Å². The number of carbonyl (C=O) groups is 1. The quantitative estimate of drug-likeness (QED) is 0.278. The normalized spacial score (nSPS) is 11.0.